The Kier molecular flexibility index (Phi) is 5.49. The quantitative estimate of drug-likeness (QED) is 0.710. The number of ether oxygens (including phenoxy) is 1. The van der Waals surface area contributed by atoms with E-state index in [1.165, 1.54) is 25.7 Å². The van der Waals surface area contributed by atoms with Crippen molar-refractivity contribution in [3.8, 4) is 0 Å². The van der Waals surface area contributed by atoms with Crippen LogP contribution >= 0.6 is 0 Å². The molecule has 0 amide bonds. The first-order valence-electron chi connectivity index (χ1n) is 6.09. The molecule has 1 fully saturated rings. The summed E-state index contributed by atoms with van der Waals surface area (Å²) >= 11 is 0. The lowest BCUT2D eigenvalue weighted by molar-refractivity contribution is 0.0727. The van der Waals surface area contributed by atoms with Crippen LogP contribution in [0.15, 0.2) is 0 Å². The van der Waals surface area contributed by atoms with Crippen molar-refractivity contribution in [1.82, 2.24) is 5.32 Å². The van der Waals surface area contributed by atoms with E-state index in [0.717, 1.165) is 19.1 Å². The van der Waals surface area contributed by atoms with Crippen LogP contribution in [0.1, 0.15) is 46.5 Å². The maximum Gasteiger partial charge on any atom is 0.0671 e. The molecule has 0 aliphatic heterocycles. The van der Waals surface area contributed by atoms with Crippen molar-refractivity contribution >= 4 is 0 Å². The molecule has 0 saturated heterocycles. The molecule has 84 valence electrons. The monoisotopic (exact) mass is 199 g/mol. The molecule has 0 radical (unpaired) electrons. The molecule has 0 aromatic carbocycles. The molecule has 0 bridgehead atoms. The van der Waals surface area contributed by atoms with Gasteiger partial charge in [-0.2, -0.15) is 0 Å². The van der Waals surface area contributed by atoms with Gasteiger partial charge in [-0.3, -0.25) is 0 Å². The fraction of sp³-hybridized carbons (Fsp3) is 1.00. The average Bonchev–Trinajstić information content (AvgIpc) is 2.67. The van der Waals surface area contributed by atoms with Crippen molar-refractivity contribution in [2.75, 3.05) is 13.2 Å². The molecule has 0 spiro atoms. The lowest BCUT2D eigenvalue weighted by atomic mass is 10.00. The summed E-state index contributed by atoms with van der Waals surface area (Å²) in [6.45, 7) is 8.32. The zero-order valence-corrected chi connectivity index (χ0v) is 9.88. The molecule has 2 unspecified atom stereocenters. The minimum atomic E-state index is 0.351. The Bertz CT molecular complexity index is 143. The van der Waals surface area contributed by atoms with E-state index >= 15 is 0 Å². The lowest BCUT2D eigenvalue weighted by Gasteiger charge is -2.22. The fourth-order valence-electron chi connectivity index (χ4n) is 2.32. The molecule has 2 nitrogen and oxygen atoms in total. The van der Waals surface area contributed by atoms with E-state index in [9.17, 15) is 0 Å². The Balaban J connectivity index is 2.10. The minimum absolute atomic E-state index is 0.351. The van der Waals surface area contributed by atoms with E-state index < -0.39 is 0 Å². The number of nitrogens with one attached hydrogen (secondary N) is 1. The highest BCUT2D eigenvalue weighted by Crippen LogP contribution is 2.27. The Hall–Kier alpha value is -0.0800. The lowest BCUT2D eigenvalue weighted by Crippen LogP contribution is -2.37. The SMILES string of the molecule is CCOC(C)CNC(C)C1CCCC1. The van der Waals surface area contributed by atoms with Crippen LogP contribution in [0.5, 0.6) is 0 Å². The number of hydrogen-bond donors (Lipinski definition) is 1. The van der Waals surface area contributed by atoms with E-state index in [1.54, 1.807) is 0 Å². The summed E-state index contributed by atoms with van der Waals surface area (Å²) in [5, 5.41) is 3.58. The van der Waals surface area contributed by atoms with Crippen LogP contribution < -0.4 is 5.32 Å². The second-order valence-corrected chi connectivity index (χ2v) is 4.51. The molecule has 2 heteroatoms. The maximum atomic E-state index is 5.49. The van der Waals surface area contributed by atoms with Crippen LogP contribution in [0.25, 0.3) is 0 Å². The summed E-state index contributed by atoms with van der Waals surface area (Å²) in [6, 6.07) is 0.667. The van der Waals surface area contributed by atoms with Gasteiger partial charge in [-0.25, -0.2) is 0 Å². The van der Waals surface area contributed by atoms with Gasteiger partial charge in [0, 0.05) is 19.2 Å². The van der Waals surface area contributed by atoms with Gasteiger partial charge in [0.05, 0.1) is 6.10 Å². The molecule has 1 aliphatic carbocycles. The summed E-state index contributed by atoms with van der Waals surface area (Å²) in [7, 11) is 0. The smallest absolute Gasteiger partial charge is 0.0671 e. The number of hydrogen-bond acceptors (Lipinski definition) is 2. The van der Waals surface area contributed by atoms with Crippen LogP contribution in [0.4, 0.5) is 0 Å². The Morgan fingerprint density at radius 3 is 2.50 bits per heavy atom. The van der Waals surface area contributed by atoms with Gasteiger partial charge in [-0.1, -0.05) is 12.8 Å². The molecule has 1 aliphatic rings. The molecule has 1 saturated carbocycles. The van der Waals surface area contributed by atoms with Crippen molar-refractivity contribution in [1.29, 1.82) is 0 Å². The normalized spacial score (nSPS) is 22.5. The summed E-state index contributed by atoms with van der Waals surface area (Å²) in [4.78, 5) is 0. The second kappa shape index (κ2) is 6.41. The van der Waals surface area contributed by atoms with E-state index in [1.807, 2.05) is 0 Å². The average molecular weight is 199 g/mol. The van der Waals surface area contributed by atoms with Gasteiger partial charge in [-0.15, -0.1) is 0 Å². The van der Waals surface area contributed by atoms with Crippen LogP contribution in [-0.4, -0.2) is 25.3 Å². The third kappa shape index (κ3) is 3.97. The molecule has 14 heavy (non-hydrogen) atoms. The maximum absolute atomic E-state index is 5.49. The Labute approximate surface area is 88.4 Å². The Morgan fingerprint density at radius 1 is 1.29 bits per heavy atom. The van der Waals surface area contributed by atoms with Crippen molar-refractivity contribution in [3.63, 3.8) is 0 Å². The molecule has 1 N–H and O–H groups in total. The van der Waals surface area contributed by atoms with Crippen molar-refractivity contribution in [3.05, 3.63) is 0 Å². The van der Waals surface area contributed by atoms with E-state index in [2.05, 4.69) is 26.1 Å². The first-order valence-corrected chi connectivity index (χ1v) is 6.09. The van der Waals surface area contributed by atoms with Crippen LogP contribution in [0.3, 0.4) is 0 Å². The first-order chi connectivity index (χ1) is 6.74. The highest BCUT2D eigenvalue weighted by molar-refractivity contribution is 4.77. The van der Waals surface area contributed by atoms with Gasteiger partial charge >= 0.3 is 0 Å². The molecule has 1 rings (SSSR count). The molecule has 0 aromatic heterocycles. The predicted molar refractivity (Wildman–Crippen MR) is 60.5 cm³/mol. The van der Waals surface area contributed by atoms with Gasteiger partial charge in [0.1, 0.15) is 0 Å². The second-order valence-electron chi connectivity index (χ2n) is 4.51. The zero-order chi connectivity index (χ0) is 10.4. The summed E-state index contributed by atoms with van der Waals surface area (Å²) in [6.07, 6.45) is 6.04. The summed E-state index contributed by atoms with van der Waals surface area (Å²) < 4.78 is 5.49. The van der Waals surface area contributed by atoms with Gasteiger partial charge < -0.3 is 10.1 Å². The van der Waals surface area contributed by atoms with E-state index in [4.69, 9.17) is 4.74 Å². The van der Waals surface area contributed by atoms with Gasteiger partial charge in [0.15, 0.2) is 0 Å². The van der Waals surface area contributed by atoms with Gasteiger partial charge in [0.2, 0.25) is 0 Å². The fourth-order valence-corrected chi connectivity index (χ4v) is 2.32. The first kappa shape index (κ1) is 12.0. The highest BCUT2D eigenvalue weighted by Gasteiger charge is 2.21. The Morgan fingerprint density at radius 2 is 1.93 bits per heavy atom. The van der Waals surface area contributed by atoms with Crippen molar-refractivity contribution in [2.24, 2.45) is 5.92 Å². The topological polar surface area (TPSA) is 21.3 Å². The molecule has 0 aromatic rings. The third-order valence-electron chi connectivity index (χ3n) is 3.29. The van der Waals surface area contributed by atoms with Crippen LogP contribution in [0, 0.1) is 5.92 Å². The van der Waals surface area contributed by atoms with Crippen LogP contribution in [0.2, 0.25) is 0 Å². The van der Waals surface area contributed by atoms with Crippen molar-refractivity contribution in [2.45, 2.75) is 58.6 Å². The molecular weight excluding hydrogens is 174 g/mol. The zero-order valence-electron chi connectivity index (χ0n) is 9.88. The number of rotatable bonds is 6. The highest BCUT2D eigenvalue weighted by atomic mass is 16.5. The third-order valence-corrected chi connectivity index (χ3v) is 3.29. The predicted octanol–water partition coefficient (Wildman–Crippen LogP) is 2.58. The van der Waals surface area contributed by atoms with E-state index in [0.29, 0.717) is 12.1 Å². The molecular formula is C12H25NO. The van der Waals surface area contributed by atoms with Crippen LogP contribution in [-0.2, 0) is 4.74 Å². The van der Waals surface area contributed by atoms with Crippen molar-refractivity contribution < 1.29 is 4.74 Å². The summed E-state index contributed by atoms with van der Waals surface area (Å²) in [5.74, 6) is 0.906. The minimum Gasteiger partial charge on any atom is -0.377 e. The molecule has 2 atom stereocenters. The standard InChI is InChI=1S/C12H25NO/c1-4-14-10(2)9-13-11(3)12-7-5-6-8-12/h10-13H,4-9H2,1-3H3. The van der Waals surface area contributed by atoms with E-state index in [-0.39, 0.29) is 0 Å². The van der Waals surface area contributed by atoms with Gasteiger partial charge in [0.25, 0.3) is 0 Å². The summed E-state index contributed by atoms with van der Waals surface area (Å²) in [5.41, 5.74) is 0. The largest absolute Gasteiger partial charge is 0.377 e. The van der Waals surface area contributed by atoms with Gasteiger partial charge in [-0.05, 0) is 39.5 Å². The molecule has 0 heterocycles.